The quantitative estimate of drug-likeness (QED) is 0.494. The molecular formula is C11H15F3N4O2. The Bertz CT molecular complexity index is 474. The van der Waals surface area contributed by atoms with Gasteiger partial charge in [0.1, 0.15) is 0 Å². The van der Waals surface area contributed by atoms with Crippen molar-refractivity contribution in [2.45, 2.75) is 25.6 Å². The van der Waals surface area contributed by atoms with E-state index in [0.717, 1.165) is 0 Å². The lowest BCUT2D eigenvalue weighted by atomic mass is 9.97. The number of hydrazine groups is 1. The zero-order valence-corrected chi connectivity index (χ0v) is 10.6. The summed E-state index contributed by atoms with van der Waals surface area (Å²) < 4.78 is 43.0. The molecule has 1 aliphatic rings. The zero-order chi connectivity index (χ0) is 14.8. The van der Waals surface area contributed by atoms with Gasteiger partial charge in [0.15, 0.2) is 11.5 Å². The van der Waals surface area contributed by atoms with E-state index in [-0.39, 0.29) is 25.2 Å². The number of hydrogen-bond donors (Lipinski definition) is 2. The van der Waals surface area contributed by atoms with Crippen LogP contribution in [0.25, 0.3) is 0 Å². The van der Waals surface area contributed by atoms with Crippen LogP contribution in [0, 0.1) is 5.92 Å². The van der Waals surface area contributed by atoms with Gasteiger partial charge in [0.2, 0.25) is 0 Å². The summed E-state index contributed by atoms with van der Waals surface area (Å²) in [6.07, 6.45) is -3.55. The number of carbonyl (C=O) groups excluding carboxylic acids is 1. The van der Waals surface area contributed by atoms with E-state index in [0.29, 0.717) is 18.7 Å². The van der Waals surface area contributed by atoms with Crippen molar-refractivity contribution in [1.82, 2.24) is 15.5 Å². The van der Waals surface area contributed by atoms with Crippen molar-refractivity contribution in [1.29, 1.82) is 0 Å². The van der Waals surface area contributed by atoms with Crippen molar-refractivity contribution in [2.24, 2.45) is 11.8 Å². The third-order valence-corrected chi connectivity index (χ3v) is 3.27. The normalized spacial score (nSPS) is 20.9. The molecule has 112 valence electrons. The molecule has 0 spiro atoms. The minimum Gasteiger partial charge on any atom is -0.359 e. The number of hydrogen-bond acceptors (Lipinski definition) is 5. The highest BCUT2D eigenvalue weighted by molar-refractivity contribution is 5.91. The van der Waals surface area contributed by atoms with Crippen LogP contribution in [-0.4, -0.2) is 35.2 Å². The molecule has 20 heavy (non-hydrogen) atoms. The fourth-order valence-electron chi connectivity index (χ4n) is 2.26. The van der Waals surface area contributed by atoms with E-state index in [9.17, 15) is 18.0 Å². The topological polar surface area (TPSA) is 84.4 Å². The average molecular weight is 292 g/mol. The number of carbonyl (C=O) groups is 1. The Morgan fingerprint density at radius 1 is 1.60 bits per heavy atom. The zero-order valence-electron chi connectivity index (χ0n) is 10.6. The second-order valence-corrected chi connectivity index (χ2v) is 4.77. The van der Waals surface area contributed by atoms with E-state index >= 15 is 0 Å². The van der Waals surface area contributed by atoms with Gasteiger partial charge in [0, 0.05) is 12.6 Å². The molecule has 0 saturated carbocycles. The summed E-state index contributed by atoms with van der Waals surface area (Å²) in [6, 6.07) is 1.37. The number of nitrogens with two attached hydrogens (primary N) is 1. The number of nitrogens with one attached hydrogen (secondary N) is 1. The van der Waals surface area contributed by atoms with Crippen LogP contribution in [0.3, 0.4) is 0 Å². The predicted molar refractivity (Wildman–Crippen MR) is 62.2 cm³/mol. The first-order chi connectivity index (χ1) is 9.40. The van der Waals surface area contributed by atoms with Gasteiger partial charge in [-0.25, -0.2) is 5.84 Å². The van der Waals surface area contributed by atoms with Crippen molar-refractivity contribution in [2.75, 3.05) is 13.1 Å². The van der Waals surface area contributed by atoms with Crippen LogP contribution in [0.15, 0.2) is 10.6 Å². The van der Waals surface area contributed by atoms with Crippen LogP contribution in [-0.2, 0) is 6.54 Å². The maximum atomic E-state index is 12.7. The predicted octanol–water partition coefficient (Wildman–Crippen LogP) is 1.05. The van der Waals surface area contributed by atoms with Gasteiger partial charge in [-0.15, -0.1) is 0 Å². The van der Waals surface area contributed by atoms with E-state index in [1.165, 1.54) is 6.07 Å². The largest absolute Gasteiger partial charge is 0.393 e. The molecule has 3 N–H and O–H groups in total. The molecule has 2 heterocycles. The van der Waals surface area contributed by atoms with Crippen molar-refractivity contribution in [3.63, 3.8) is 0 Å². The molecule has 2 rings (SSSR count). The Hall–Kier alpha value is -1.61. The van der Waals surface area contributed by atoms with Crippen LogP contribution in [0.5, 0.6) is 0 Å². The number of piperidine rings is 1. The Morgan fingerprint density at radius 3 is 3.00 bits per heavy atom. The van der Waals surface area contributed by atoms with Crippen molar-refractivity contribution in [3.8, 4) is 0 Å². The highest BCUT2D eigenvalue weighted by Gasteiger charge is 2.41. The summed E-state index contributed by atoms with van der Waals surface area (Å²) in [6.45, 7) is 0.686. The van der Waals surface area contributed by atoms with E-state index in [1.807, 2.05) is 5.43 Å². The van der Waals surface area contributed by atoms with Gasteiger partial charge < -0.3 is 4.52 Å². The fourth-order valence-corrected chi connectivity index (χ4v) is 2.26. The molecule has 1 unspecified atom stereocenters. The molecule has 1 amide bonds. The summed E-state index contributed by atoms with van der Waals surface area (Å²) in [5, 5.41) is 3.50. The standard InChI is InChI=1S/C11H15F3N4O2/c12-11(13,14)7-2-1-3-18(5-7)6-8-4-9(17-20-8)10(19)16-15/h4,7H,1-3,5-6,15H2,(H,16,19). The molecule has 0 aromatic carbocycles. The molecule has 1 fully saturated rings. The lowest BCUT2D eigenvalue weighted by molar-refractivity contribution is -0.187. The van der Waals surface area contributed by atoms with Gasteiger partial charge in [-0.05, 0) is 19.4 Å². The van der Waals surface area contributed by atoms with Crippen LogP contribution in [0.2, 0.25) is 0 Å². The molecule has 0 aliphatic carbocycles. The number of rotatable bonds is 3. The Labute approximate surface area is 113 Å². The number of alkyl halides is 3. The molecule has 1 atom stereocenters. The Morgan fingerprint density at radius 2 is 2.35 bits per heavy atom. The minimum absolute atomic E-state index is 0.00637. The number of likely N-dealkylation sites (tertiary alicyclic amines) is 1. The van der Waals surface area contributed by atoms with Gasteiger partial charge in [0.25, 0.3) is 5.91 Å². The Balaban J connectivity index is 1.96. The maximum absolute atomic E-state index is 12.7. The monoisotopic (exact) mass is 292 g/mol. The minimum atomic E-state index is -4.18. The maximum Gasteiger partial charge on any atom is 0.393 e. The molecule has 1 aromatic heterocycles. The number of halogens is 3. The first-order valence-corrected chi connectivity index (χ1v) is 6.15. The lowest BCUT2D eigenvalue weighted by Gasteiger charge is -2.32. The van der Waals surface area contributed by atoms with Gasteiger partial charge in [-0.1, -0.05) is 5.16 Å². The first-order valence-electron chi connectivity index (χ1n) is 6.15. The summed E-state index contributed by atoms with van der Waals surface area (Å²) in [4.78, 5) is 12.8. The van der Waals surface area contributed by atoms with E-state index < -0.39 is 18.0 Å². The van der Waals surface area contributed by atoms with Gasteiger partial charge >= 0.3 is 6.18 Å². The molecule has 0 radical (unpaired) electrons. The third kappa shape index (κ3) is 3.48. The molecule has 6 nitrogen and oxygen atoms in total. The molecule has 1 aliphatic heterocycles. The highest BCUT2D eigenvalue weighted by Crippen LogP contribution is 2.33. The Kier molecular flexibility index (Phi) is 4.29. The second-order valence-electron chi connectivity index (χ2n) is 4.77. The van der Waals surface area contributed by atoms with Crippen LogP contribution < -0.4 is 11.3 Å². The molecular weight excluding hydrogens is 277 g/mol. The smallest absolute Gasteiger partial charge is 0.359 e. The molecule has 1 saturated heterocycles. The molecule has 9 heteroatoms. The summed E-state index contributed by atoms with van der Waals surface area (Å²) in [7, 11) is 0. The molecule has 1 aromatic rings. The van der Waals surface area contributed by atoms with Crippen molar-refractivity contribution in [3.05, 3.63) is 17.5 Å². The number of aromatic nitrogens is 1. The van der Waals surface area contributed by atoms with E-state index in [1.54, 1.807) is 4.90 Å². The number of nitrogen functional groups attached to an aromatic ring is 1. The third-order valence-electron chi connectivity index (χ3n) is 3.27. The van der Waals surface area contributed by atoms with E-state index in [4.69, 9.17) is 10.4 Å². The van der Waals surface area contributed by atoms with E-state index in [2.05, 4.69) is 5.16 Å². The SMILES string of the molecule is NNC(=O)c1cc(CN2CCCC(C(F)(F)F)C2)on1. The number of nitrogens with zero attached hydrogens (tertiary/aromatic N) is 2. The summed E-state index contributed by atoms with van der Waals surface area (Å²) in [5.74, 6) is 3.37. The van der Waals surface area contributed by atoms with Gasteiger partial charge in [-0.3, -0.25) is 15.1 Å². The lowest BCUT2D eigenvalue weighted by Crippen LogP contribution is -2.41. The van der Waals surface area contributed by atoms with Gasteiger partial charge in [0.05, 0.1) is 12.5 Å². The number of amides is 1. The van der Waals surface area contributed by atoms with Crippen molar-refractivity contribution < 1.29 is 22.5 Å². The van der Waals surface area contributed by atoms with Crippen molar-refractivity contribution >= 4 is 5.91 Å². The van der Waals surface area contributed by atoms with Crippen LogP contribution in [0.4, 0.5) is 13.2 Å². The fraction of sp³-hybridized carbons (Fsp3) is 0.636. The van der Waals surface area contributed by atoms with Crippen LogP contribution >= 0.6 is 0 Å². The second kappa shape index (κ2) is 5.80. The summed E-state index contributed by atoms with van der Waals surface area (Å²) in [5.41, 5.74) is 1.91. The van der Waals surface area contributed by atoms with Gasteiger partial charge in [-0.2, -0.15) is 13.2 Å². The molecule has 0 bridgehead atoms. The van der Waals surface area contributed by atoms with Crippen LogP contribution in [0.1, 0.15) is 29.1 Å². The highest BCUT2D eigenvalue weighted by atomic mass is 19.4. The summed E-state index contributed by atoms with van der Waals surface area (Å²) >= 11 is 0. The average Bonchev–Trinajstić information content (AvgIpc) is 2.85. The first kappa shape index (κ1) is 14.8.